The lowest BCUT2D eigenvalue weighted by molar-refractivity contribution is 0.0490. The van der Waals surface area contributed by atoms with Crippen LogP contribution >= 0.6 is 12.4 Å². The summed E-state index contributed by atoms with van der Waals surface area (Å²) in [5.74, 6) is 0. The first-order chi connectivity index (χ1) is 8.38. The Balaban J connectivity index is 0.00000120. The van der Waals surface area contributed by atoms with Gasteiger partial charge in [-0.2, -0.15) is 0 Å². The Morgan fingerprint density at radius 3 is 2.83 bits per heavy atom. The lowest BCUT2D eigenvalue weighted by Gasteiger charge is -2.25. The van der Waals surface area contributed by atoms with Gasteiger partial charge < -0.3 is 10.5 Å². The number of halogens is 1. The largest absolute Gasteiger partial charge is 0.363 e. The molecule has 1 unspecified atom stereocenters. The highest BCUT2D eigenvalue weighted by molar-refractivity contribution is 5.87. The zero-order valence-electron chi connectivity index (χ0n) is 10.3. The van der Waals surface area contributed by atoms with Crippen LogP contribution in [0.3, 0.4) is 0 Å². The fraction of sp³-hybridized carbons (Fsp3) is 0.333. The first kappa shape index (κ1) is 13.3. The predicted molar refractivity (Wildman–Crippen MR) is 77.1 cm³/mol. The summed E-state index contributed by atoms with van der Waals surface area (Å²) in [6.07, 6.45) is 3.47. The number of ether oxygens (including phenoxy) is 1. The fourth-order valence-electron chi connectivity index (χ4n) is 2.78. The molecule has 96 valence electrons. The van der Waals surface area contributed by atoms with Gasteiger partial charge in [-0.3, -0.25) is 0 Å². The maximum absolute atomic E-state index is 5.57. The van der Waals surface area contributed by atoms with Crippen LogP contribution < -0.4 is 5.73 Å². The van der Waals surface area contributed by atoms with Crippen LogP contribution in [0.4, 0.5) is 0 Å². The monoisotopic (exact) mass is 263 g/mol. The van der Waals surface area contributed by atoms with Crippen molar-refractivity contribution in [2.75, 3.05) is 6.73 Å². The highest BCUT2D eigenvalue weighted by atomic mass is 35.5. The number of hydrogen-bond acceptors (Lipinski definition) is 2. The third kappa shape index (κ3) is 2.37. The summed E-state index contributed by atoms with van der Waals surface area (Å²) >= 11 is 0. The molecule has 1 aliphatic rings. The minimum Gasteiger partial charge on any atom is -0.363 e. The van der Waals surface area contributed by atoms with Gasteiger partial charge in [0.2, 0.25) is 0 Å². The topological polar surface area (TPSA) is 35.2 Å². The Morgan fingerprint density at radius 2 is 2.00 bits per heavy atom. The van der Waals surface area contributed by atoms with E-state index in [1.165, 1.54) is 21.9 Å². The fourth-order valence-corrected chi connectivity index (χ4v) is 2.78. The molecule has 0 heterocycles. The summed E-state index contributed by atoms with van der Waals surface area (Å²) in [4.78, 5) is 0. The van der Waals surface area contributed by atoms with Crippen molar-refractivity contribution in [3.05, 3.63) is 47.5 Å². The van der Waals surface area contributed by atoms with Crippen LogP contribution in [0.15, 0.2) is 36.4 Å². The van der Waals surface area contributed by atoms with E-state index in [-0.39, 0.29) is 12.4 Å². The van der Waals surface area contributed by atoms with Crippen molar-refractivity contribution in [1.29, 1.82) is 0 Å². The molecule has 0 saturated heterocycles. The summed E-state index contributed by atoms with van der Waals surface area (Å²) in [6, 6.07) is 13.1. The normalized spacial score (nSPS) is 18.2. The second-order valence-corrected chi connectivity index (χ2v) is 4.62. The van der Waals surface area contributed by atoms with Crippen molar-refractivity contribution >= 4 is 23.2 Å². The number of benzene rings is 2. The summed E-state index contributed by atoms with van der Waals surface area (Å²) in [6.45, 7) is 0.324. The summed E-state index contributed by atoms with van der Waals surface area (Å²) in [5.41, 5.74) is 8.39. The van der Waals surface area contributed by atoms with E-state index in [0.717, 1.165) is 19.3 Å². The SMILES string of the molecule is Cl.NCOC1CCc2ccc3ccccc3c2C1. The van der Waals surface area contributed by atoms with E-state index in [4.69, 9.17) is 10.5 Å². The average molecular weight is 264 g/mol. The highest BCUT2D eigenvalue weighted by Crippen LogP contribution is 2.29. The summed E-state index contributed by atoms with van der Waals surface area (Å²) in [7, 11) is 0. The lowest BCUT2D eigenvalue weighted by atomic mass is 9.86. The van der Waals surface area contributed by atoms with Crippen LogP contribution in [0, 0.1) is 0 Å². The molecule has 0 fully saturated rings. The quantitative estimate of drug-likeness (QED) is 0.846. The lowest BCUT2D eigenvalue weighted by Crippen LogP contribution is -2.25. The van der Waals surface area contributed by atoms with Gasteiger partial charge in [0, 0.05) is 0 Å². The molecule has 2 nitrogen and oxygen atoms in total. The van der Waals surface area contributed by atoms with Crippen molar-refractivity contribution in [3.63, 3.8) is 0 Å². The van der Waals surface area contributed by atoms with Crippen LogP contribution in [0.2, 0.25) is 0 Å². The van der Waals surface area contributed by atoms with E-state index in [1.54, 1.807) is 0 Å². The van der Waals surface area contributed by atoms with E-state index in [2.05, 4.69) is 36.4 Å². The van der Waals surface area contributed by atoms with E-state index in [9.17, 15) is 0 Å². The number of hydrogen-bond donors (Lipinski definition) is 1. The molecule has 2 N–H and O–H groups in total. The Labute approximate surface area is 114 Å². The molecule has 2 aromatic rings. The van der Waals surface area contributed by atoms with Gasteiger partial charge in [-0.05, 0) is 41.2 Å². The van der Waals surface area contributed by atoms with Crippen LogP contribution in [0.25, 0.3) is 10.8 Å². The van der Waals surface area contributed by atoms with Gasteiger partial charge >= 0.3 is 0 Å². The van der Waals surface area contributed by atoms with Crippen LogP contribution in [0.1, 0.15) is 17.5 Å². The molecule has 0 radical (unpaired) electrons. The molecule has 0 bridgehead atoms. The molecular weight excluding hydrogens is 246 g/mol. The van der Waals surface area contributed by atoms with Crippen molar-refractivity contribution < 1.29 is 4.74 Å². The predicted octanol–water partition coefficient (Wildman–Crippen LogP) is 3.05. The Kier molecular flexibility index (Phi) is 4.23. The molecule has 18 heavy (non-hydrogen) atoms. The Hall–Kier alpha value is -1.09. The summed E-state index contributed by atoms with van der Waals surface area (Å²) in [5, 5.41) is 2.69. The van der Waals surface area contributed by atoms with Crippen molar-refractivity contribution in [3.8, 4) is 0 Å². The maximum Gasteiger partial charge on any atom is 0.0944 e. The van der Waals surface area contributed by atoms with Gasteiger partial charge in [0.05, 0.1) is 12.8 Å². The number of nitrogens with two attached hydrogens (primary N) is 1. The van der Waals surface area contributed by atoms with E-state index >= 15 is 0 Å². The molecule has 1 atom stereocenters. The molecule has 2 aromatic carbocycles. The Bertz CT molecular complexity index is 541. The average Bonchev–Trinajstić information content (AvgIpc) is 2.39. The smallest absolute Gasteiger partial charge is 0.0944 e. The second kappa shape index (κ2) is 5.70. The number of aryl methyl sites for hydroxylation is 1. The molecular formula is C15H18ClNO. The van der Waals surface area contributed by atoms with Gasteiger partial charge in [-0.15, -0.1) is 12.4 Å². The van der Waals surface area contributed by atoms with Crippen LogP contribution in [-0.2, 0) is 17.6 Å². The standard InChI is InChI=1S/C15H17NO.ClH/c16-10-17-13-8-7-12-6-5-11-3-1-2-4-14(11)15(12)9-13;/h1-6,13H,7-10,16H2;1H. The van der Waals surface area contributed by atoms with Crippen molar-refractivity contribution in [2.24, 2.45) is 5.73 Å². The first-order valence-electron chi connectivity index (χ1n) is 6.19. The van der Waals surface area contributed by atoms with E-state index < -0.39 is 0 Å². The molecule has 0 saturated carbocycles. The molecule has 0 amide bonds. The van der Waals surface area contributed by atoms with E-state index in [1.807, 2.05) is 0 Å². The van der Waals surface area contributed by atoms with Crippen LogP contribution in [0.5, 0.6) is 0 Å². The Morgan fingerprint density at radius 1 is 1.17 bits per heavy atom. The zero-order chi connectivity index (χ0) is 11.7. The highest BCUT2D eigenvalue weighted by Gasteiger charge is 2.20. The van der Waals surface area contributed by atoms with Gasteiger partial charge in [-0.1, -0.05) is 36.4 Å². The van der Waals surface area contributed by atoms with Gasteiger partial charge in [0.25, 0.3) is 0 Å². The summed E-state index contributed by atoms with van der Waals surface area (Å²) < 4.78 is 5.57. The minimum absolute atomic E-state index is 0. The molecule has 0 aliphatic heterocycles. The van der Waals surface area contributed by atoms with Gasteiger partial charge in [0.1, 0.15) is 0 Å². The van der Waals surface area contributed by atoms with Gasteiger partial charge in [-0.25, -0.2) is 0 Å². The molecule has 3 rings (SSSR count). The van der Waals surface area contributed by atoms with Gasteiger partial charge in [0.15, 0.2) is 0 Å². The van der Waals surface area contributed by atoms with Crippen molar-refractivity contribution in [2.45, 2.75) is 25.4 Å². The van der Waals surface area contributed by atoms with Crippen LogP contribution in [-0.4, -0.2) is 12.8 Å². The first-order valence-corrected chi connectivity index (χ1v) is 6.19. The minimum atomic E-state index is 0. The maximum atomic E-state index is 5.57. The third-order valence-electron chi connectivity index (χ3n) is 3.64. The molecule has 0 aromatic heterocycles. The van der Waals surface area contributed by atoms with E-state index in [0.29, 0.717) is 12.8 Å². The second-order valence-electron chi connectivity index (χ2n) is 4.62. The number of fused-ring (bicyclic) bond motifs is 3. The third-order valence-corrected chi connectivity index (χ3v) is 3.64. The molecule has 0 spiro atoms. The molecule has 1 aliphatic carbocycles. The zero-order valence-corrected chi connectivity index (χ0v) is 11.1. The molecule has 3 heteroatoms. The van der Waals surface area contributed by atoms with Crippen molar-refractivity contribution in [1.82, 2.24) is 0 Å². The number of rotatable bonds is 2.